The largest absolute Gasteiger partial charge is 0.346 e. The fraction of sp³-hybridized carbons (Fsp3) is 0.769. The summed E-state index contributed by atoms with van der Waals surface area (Å²) in [5.41, 5.74) is 1.36. The molecule has 1 aromatic rings. The van der Waals surface area contributed by atoms with Gasteiger partial charge in [0.1, 0.15) is 0 Å². The van der Waals surface area contributed by atoms with Crippen molar-refractivity contribution in [2.75, 3.05) is 38.1 Å². The maximum atomic E-state index is 4.87. The van der Waals surface area contributed by atoms with Gasteiger partial charge >= 0.3 is 0 Å². The molecule has 94 valence electrons. The Bertz CT molecular complexity index is 362. The third-order valence-corrected chi connectivity index (χ3v) is 4.98. The van der Waals surface area contributed by atoms with Crippen molar-refractivity contribution in [3.05, 3.63) is 11.1 Å². The Morgan fingerprint density at radius 1 is 1.18 bits per heavy atom. The first kappa shape index (κ1) is 11.5. The van der Waals surface area contributed by atoms with E-state index in [9.17, 15) is 0 Å². The van der Waals surface area contributed by atoms with Gasteiger partial charge in [0, 0.05) is 37.5 Å². The van der Waals surface area contributed by atoms with Crippen molar-refractivity contribution in [2.45, 2.75) is 31.6 Å². The zero-order chi connectivity index (χ0) is 11.7. The van der Waals surface area contributed by atoms with Crippen molar-refractivity contribution in [3.63, 3.8) is 0 Å². The molecule has 3 rings (SSSR count). The van der Waals surface area contributed by atoms with Crippen molar-refractivity contribution in [2.24, 2.45) is 0 Å². The molecule has 0 atom stereocenters. The highest BCUT2D eigenvalue weighted by Gasteiger charge is 2.22. The Kier molecular flexibility index (Phi) is 3.34. The van der Waals surface area contributed by atoms with Crippen LogP contribution in [0.1, 0.15) is 37.3 Å². The van der Waals surface area contributed by atoms with Crippen LogP contribution < -0.4 is 4.90 Å². The lowest BCUT2D eigenvalue weighted by molar-refractivity contribution is 0.312. The minimum Gasteiger partial charge on any atom is -0.346 e. The second-order valence-electron chi connectivity index (χ2n) is 5.33. The van der Waals surface area contributed by atoms with Gasteiger partial charge in [-0.1, -0.05) is 12.8 Å². The molecule has 0 spiro atoms. The van der Waals surface area contributed by atoms with E-state index >= 15 is 0 Å². The molecule has 0 amide bonds. The molecule has 4 heteroatoms. The predicted octanol–water partition coefficient (Wildman–Crippen LogP) is 2.55. The lowest BCUT2D eigenvalue weighted by atomic mass is 10.1. The third kappa shape index (κ3) is 2.47. The van der Waals surface area contributed by atoms with Crippen LogP contribution in [0.2, 0.25) is 0 Å². The lowest BCUT2D eigenvalue weighted by Gasteiger charge is -2.32. The number of piperazine rings is 1. The fourth-order valence-electron chi connectivity index (χ4n) is 2.83. The van der Waals surface area contributed by atoms with Crippen LogP contribution in [0.4, 0.5) is 5.13 Å². The molecule has 1 aliphatic heterocycles. The SMILES string of the molecule is CN1CCN(c2nc(C3CCCC3)cs2)CC1. The average Bonchev–Trinajstić information content (AvgIpc) is 3.00. The van der Waals surface area contributed by atoms with Crippen LogP contribution in [0.3, 0.4) is 0 Å². The van der Waals surface area contributed by atoms with Crippen LogP contribution in [0.15, 0.2) is 5.38 Å². The van der Waals surface area contributed by atoms with E-state index in [1.165, 1.54) is 49.6 Å². The maximum Gasteiger partial charge on any atom is 0.185 e. The molecule has 0 radical (unpaired) electrons. The van der Waals surface area contributed by atoms with Gasteiger partial charge in [-0.15, -0.1) is 11.3 Å². The summed E-state index contributed by atoms with van der Waals surface area (Å²) < 4.78 is 0. The number of likely N-dealkylation sites (N-methyl/N-ethyl adjacent to an activating group) is 1. The fourth-order valence-corrected chi connectivity index (χ4v) is 3.79. The molecule has 2 heterocycles. The highest BCUT2D eigenvalue weighted by molar-refractivity contribution is 7.13. The highest BCUT2D eigenvalue weighted by Crippen LogP contribution is 2.36. The van der Waals surface area contributed by atoms with Crippen molar-refractivity contribution >= 4 is 16.5 Å². The van der Waals surface area contributed by atoms with E-state index in [0.29, 0.717) is 0 Å². The van der Waals surface area contributed by atoms with Crippen LogP contribution in [0.25, 0.3) is 0 Å². The van der Waals surface area contributed by atoms with Crippen molar-refractivity contribution in [1.82, 2.24) is 9.88 Å². The number of nitrogens with zero attached hydrogens (tertiary/aromatic N) is 3. The third-order valence-electron chi connectivity index (χ3n) is 4.06. The topological polar surface area (TPSA) is 19.4 Å². The maximum absolute atomic E-state index is 4.87. The second kappa shape index (κ2) is 4.94. The number of hydrogen-bond donors (Lipinski definition) is 0. The van der Waals surface area contributed by atoms with Gasteiger partial charge in [0.2, 0.25) is 0 Å². The van der Waals surface area contributed by atoms with Crippen LogP contribution in [0.5, 0.6) is 0 Å². The van der Waals surface area contributed by atoms with Gasteiger partial charge in [0.25, 0.3) is 0 Å². The Morgan fingerprint density at radius 2 is 1.88 bits per heavy atom. The molecular formula is C13H21N3S. The van der Waals surface area contributed by atoms with Gasteiger partial charge in [0.15, 0.2) is 5.13 Å². The van der Waals surface area contributed by atoms with Gasteiger partial charge in [-0.05, 0) is 19.9 Å². The Balaban J connectivity index is 1.67. The number of aromatic nitrogens is 1. The number of anilines is 1. The van der Waals surface area contributed by atoms with Crippen LogP contribution in [-0.4, -0.2) is 43.1 Å². The minimum absolute atomic E-state index is 0.757. The van der Waals surface area contributed by atoms with Crippen molar-refractivity contribution in [3.8, 4) is 0 Å². The number of thiazole rings is 1. The molecule has 1 saturated carbocycles. The second-order valence-corrected chi connectivity index (χ2v) is 6.16. The minimum atomic E-state index is 0.757. The summed E-state index contributed by atoms with van der Waals surface area (Å²) in [6.07, 6.45) is 5.50. The molecule has 2 fully saturated rings. The Hall–Kier alpha value is -0.610. The Morgan fingerprint density at radius 3 is 2.59 bits per heavy atom. The summed E-state index contributed by atoms with van der Waals surface area (Å²) >= 11 is 1.84. The normalized spacial score (nSPS) is 23.5. The molecule has 1 aromatic heterocycles. The van der Waals surface area contributed by atoms with E-state index < -0.39 is 0 Å². The van der Waals surface area contributed by atoms with E-state index in [4.69, 9.17) is 4.98 Å². The highest BCUT2D eigenvalue weighted by atomic mass is 32.1. The first-order chi connectivity index (χ1) is 8.33. The van der Waals surface area contributed by atoms with Crippen LogP contribution >= 0.6 is 11.3 Å². The smallest absolute Gasteiger partial charge is 0.185 e. The molecule has 1 saturated heterocycles. The predicted molar refractivity (Wildman–Crippen MR) is 73.0 cm³/mol. The zero-order valence-electron chi connectivity index (χ0n) is 10.6. The summed E-state index contributed by atoms with van der Waals surface area (Å²) in [5, 5.41) is 3.55. The summed E-state index contributed by atoms with van der Waals surface area (Å²) in [4.78, 5) is 9.71. The summed E-state index contributed by atoms with van der Waals surface area (Å²) in [7, 11) is 2.20. The molecule has 0 aromatic carbocycles. The average molecular weight is 251 g/mol. The molecule has 3 nitrogen and oxygen atoms in total. The van der Waals surface area contributed by atoms with E-state index in [2.05, 4.69) is 22.2 Å². The number of rotatable bonds is 2. The van der Waals surface area contributed by atoms with E-state index in [0.717, 1.165) is 19.0 Å². The molecule has 0 N–H and O–H groups in total. The molecule has 1 aliphatic carbocycles. The lowest BCUT2D eigenvalue weighted by Crippen LogP contribution is -2.44. The summed E-state index contributed by atoms with van der Waals surface area (Å²) in [6, 6.07) is 0. The van der Waals surface area contributed by atoms with Gasteiger partial charge in [0.05, 0.1) is 5.69 Å². The molecule has 0 unspecified atom stereocenters. The van der Waals surface area contributed by atoms with Crippen molar-refractivity contribution in [1.29, 1.82) is 0 Å². The molecule has 17 heavy (non-hydrogen) atoms. The molecular weight excluding hydrogens is 230 g/mol. The molecule has 2 aliphatic rings. The van der Waals surface area contributed by atoms with E-state index in [-0.39, 0.29) is 0 Å². The number of hydrogen-bond acceptors (Lipinski definition) is 4. The first-order valence-corrected chi connectivity index (χ1v) is 7.60. The van der Waals surface area contributed by atoms with Crippen molar-refractivity contribution < 1.29 is 0 Å². The first-order valence-electron chi connectivity index (χ1n) is 6.72. The van der Waals surface area contributed by atoms with Gasteiger partial charge in [-0.25, -0.2) is 4.98 Å². The van der Waals surface area contributed by atoms with Gasteiger partial charge in [-0.2, -0.15) is 0 Å². The van der Waals surface area contributed by atoms with Crippen LogP contribution in [-0.2, 0) is 0 Å². The summed E-state index contributed by atoms with van der Waals surface area (Å²) in [6.45, 7) is 4.60. The van der Waals surface area contributed by atoms with E-state index in [1.54, 1.807) is 0 Å². The van der Waals surface area contributed by atoms with Gasteiger partial charge in [-0.3, -0.25) is 0 Å². The Labute approximate surface area is 107 Å². The zero-order valence-corrected chi connectivity index (χ0v) is 11.4. The van der Waals surface area contributed by atoms with Gasteiger partial charge < -0.3 is 9.80 Å². The van der Waals surface area contributed by atoms with Crippen LogP contribution in [0, 0.1) is 0 Å². The summed E-state index contributed by atoms with van der Waals surface area (Å²) in [5.74, 6) is 0.757. The quantitative estimate of drug-likeness (QED) is 0.805. The standard InChI is InChI=1S/C13H21N3S/c1-15-6-8-16(9-7-15)13-14-12(10-17-13)11-4-2-3-5-11/h10-11H,2-9H2,1H3. The molecule has 0 bridgehead atoms. The monoisotopic (exact) mass is 251 g/mol. The van der Waals surface area contributed by atoms with E-state index in [1.807, 2.05) is 11.3 Å².